The minimum absolute atomic E-state index is 0.152. The molecule has 9 heteroatoms. The number of furan rings is 1. The third-order valence-electron chi connectivity index (χ3n) is 2.62. The molecule has 120 valence electrons. The number of nitrogens with one attached hydrogen (secondary N) is 1. The number of aryl methyl sites for hydroxylation is 1. The zero-order valence-corrected chi connectivity index (χ0v) is 13.6. The lowest BCUT2D eigenvalue weighted by Gasteiger charge is -2.07. The second-order valence-electron chi connectivity index (χ2n) is 4.45. The van der Waals surface area contributed by atoms with E-state index < -0.39 is 16.7 Å². The largest absolute Gasteiger partial charge is 0.483 e. The number of halogens is 1. The van der Waals surface area contributed by atoms with Crippen molar-refractivity contribution in [3.05, 3.63) is 56.2 Å². The second-order valence-corrected chi connectivity index (χ2v) is 5.30. The number of amides is 1. The molecule has 1 aromatic carbocycles. The molecule has 0 bridgehead atoms. The Morgan fingerprint density at radius 3 is 2.91 bits per heavy atom. The van der Waals surface area contributed by atoms with Gasteiger partial charge in [-0.1, -0.05) is 6.07 Å². The Kier molecular flexibility index (Phi) is 5.47. The van der Waals surface area contributed by atoms with E-state index in [1.165, 1.54) is 12.1 Å². The predicted octanol–water partition coefficient (Wildman–Crippen LogP) is 2.79. The molecular formula is C14H12BrN3O5. The molecule has 0 radical (unpaired) electrons. The minimum Gasteiger partial charge on any atom is -0.483 e. The Bertz CT molecular complexity index is 757. The number of nitro groups is 1. The molecule has 0 fully saturated rings. The van der Waals surface area contributed by atoms with Gasteiger partial charge in [0.05, 0.1) is 16.8 Å². The molecule has 0 aliphatic rings. The summed E-state index contributed by atoms with van der Waals surface area (Å²) < 4.78 is 10.9. The number of carbonyl (C=O) groups is 1. The fourth-order valence-corrected chi connectivity index (χ4v) is 2.18. The van der Waals surface area contributed by atoms with E-state index in [0.29, 0.717) is 5.75 Å². The number of ether oxygens (including phenoxy) is 1. The van der Waals surface area contributed by atoms with Gasteiger partial charge in [-0.05, 0) is 46.6 Å². The molecule has 2 aromatic rings. The number of rotatable bonds is 6. The smallest absolute Gasteiger partial charge is 0.433 e. The lowest BCUT2D eigenvalue weighted by Crippen LogP contribution is -2.24. The van der Waals surface area contributed by atoms with Crippen molar-refractivity contribution in [1.29, 1.82) is 0 Å². The lowest BCUT2D eigenvalue weighted by atomic mass is 10.2. The quantitative estimate of drug-likeness (QED) is 0.470. The zero-order chi connectivity index (χ0) is 16.8. The van der Waals surface area contributed by atoms with Crippen LogP contribution in [0.2, 0.25) is 0 Å². The van der Waals surface area contributed by atoms with Crippen LogP contribution < -0.4 is 10.2 Å². The van der Waals surface area contributed by atoms with Crippen LogP contribution in [0.3, 0.4) is 0 Å². The normalized spacial score (nSPS) is 10.7. The van der Waals surface area contributed by atoms with E-state index in [4.69, 9.17) is 9.15 Å². The molecule has 0 unspecified atom stereocenters. The maximum Gasteiger partial charge on any atom is 0.433 e. The van der Waals surface area contributed by atoms with Gasteiger partial charge in [-0.15, -0.1) is 0 Å². The average Bonchev–Trinajstić information content (AvgIpc) is 2.95. The van der Waals surface area contributed by atoms with Crippen LogP contribution in [-0.2, 0) is 4.79 Å². The van der Waals surface area contributed by atoms with Gasteiger partial charge in [-0.2, -0.15) is 5.10 Å². The first kappa shape index (κ1) is 16.7. The molecule has 8 nitrogen and oxygen atoms in total. The van der Waals surface area contributed by atoms with Crippen LogP contribution in [0.5, 0.6) is 5.75 Å². The SMILES string of the molecule is Cc1ccc(OCC(=O)N/N=C/c2ccc([N+](=O)[O-])o2)c(Br)c1. The van der Waals surface area contributed by atoms with Gasteiger partial charge in [0, 0.05) is 0 Å². The standard InChI is InChI=1S/C14H12BrN3O5/c1-9-2-4-12(11(15)6-9)22-8-13(19)17-16-7-10-3-5-14(23-10)18(20)21/h2-7H,8H2,1H3,(H,17,19)/b16-7+. The summed E-state index contributed by atoms with van der Waals surface area (Å²) in [6.45, 7) is 1.71. The Hall–Kier alpha value is -2.68. The summed E-state index contributed by atoms with van der Waals surface area (Å²) in [5, 5.41) is 14.1. The van der Waals surface area contributed by atoms with Gasteiger partial charge in [0.15, 0.2) is 12.4 Å². The molecule has 1 amide bonds. The molecule has 0 spiro atoms. The van der Waals surface area contributed by atoms with Crippen LogP contribution in [0.25, 0.3) is 0 Å². The van der Waals surface area contributed by atoms with Gasteiger partial charge in [-0.3, -0.25) is 14.9 Å². The van der Waals surface area contributed by atoms with E-state index in [1.54, 1.807) is 6.07 Å². The predicted molar refractivity (Wildman–Crippen MR) is 85.5 cm³/mol. The fourth-order valence-electron chi connectivity index (χ4n) is 1.58. The first-order valence-corrected chi connectivity index (χ1v) is 7.20. The zero-order valence-electron chi connectivity index (χ0n) is 12.0. The fraction of sp³-hybridized carbons (Fsp3) is 0.143. The number of hydrazone groups is 1. The third-order valence-corrected chi connectivity index (χ3v) is 3.24. The van der Waals surface area contributed by atoms with E-state index in [0.717, 1.165) is 16.3 Å². The van der Waals surface area contributed by atoms with Crippen LogP contribution in [-0.4, -0.2) is 23.7 Å². The Labute approximate surface area is 139 Å². The monoisotopic (exact) mass is 381 g/mol. The van der Waals surface area contributed by atoms with Crippen LogP contribution in [0.4, 0.5) is 5.88 Å². The van der Waals surface area contributed by atoms with Crippen molar-refractivity contribution >= 4 is 33.9 Å². The maximum atomic E-state index is 11.6. The van der Waals surface area contributed by atoms with Crippen molar-refractivity contribution in [1.82, 2.24) is 5.43 Å². The van der Waals surface area contributed by atoms with E-state index in [1.807, 2.05) is 19.1 Å². The van der Waals surface area contributed by atoms with Gasteiger partial charge in [-0.25, -0.2) is 5.43 Å². The topological polar surface area (TPSA) is 107 Å². The Balaban J connectivity index is 1.82. The molecule has 0 aliphatic carbocycles. The third kappa shape index (κ3) is 4.92. The van der Waals surface area contributed by atoms with Crippen molar-refractivity contribution in [3.63, 3.8) is 0 Å². The maximum absolute atomic E-state index is 11.6. The average molecular weight is 382 g/mol. The first-order chi connectivity index (χ1) is 11.0. The molecule has 1 aromatic heterocycles. The van der Waals surface area contributed by atoms with E-state index >= 15 is 0 Å². The molecule has 1 N–H and O–H groups in total. The van der Waals surface area contributed by atoms with Crippen molar-refractivity contribution in [2.45, 2.75) is 6.92 Å². The van der Waals surface area contributed by atoms with Gasteiger partial charge in [0.25, 0.3) is 5.91 Å². The molecule has 1 heterocycles. The molecule has 0 aliphatic heterocycles. The summed E-state index contributed by atoms with van der Waals surface area (Å²) in [7, 11) is 0. The molecule has 0 atom stereocenters. The second kappa shape index (κ2) is 7.54. The van der Waals surface area contributed by atoms with Gasteiger partial charge in [0.1, 0.15) is 10.7 Å². The highest BCUT2D eigenvalue weighted by Crippen LogP contribution is 2.25. The number of hydrogen-bond donors (Lipinski definition) is 1. The summed E-state index contributed by atoms with van der Waals surface area (Å²) >= 11 is 3.34. The molecule has 23 heavy (non-hydrogen) atoms. The first-order valence-electron chi connectivity index (χ1n) is 6.41. The van der Waals surface area contributed by atoms with Gasteiger partial charge >= 0.3 is 5.88 Å². The highest BCUT2D eigenvalue weighted by Gasteiger charge is 2.10. The summed E-state index contributed by atoms with van der Waals surface area (Å²) in [5.74, 6) is -0.185. The molecular weight excluding hydrogens is 370 g/mol. The highest BCUT2D eigenvalue weighted by atomic mass is 79.9. The van der Waals surface area contributed by atoms with Crippen molar-refractivity contribution in [3.8, 4) is 5.75 Å². The molecule has 2 rings (SSSR count). The van der Waals surface area contributed by atoms with Crippen LogP contribution in [0.15, 0.2) is 44.3 Å². The Morgan fingerprint density at radius 2 is 2.26 bits per heavy atom. The number of nitrogens with zero attached hydrogens (tertiary/aromatic N) is 2. The lowest BCUT2D eigenvalue weighted by molar-refractivity contribution is -0.402. The Morgan fingerprint density at radius 1 is 1.48 bits per heavy atom. The molecule has 0 saturated carbocycles. The highest BCUT2D eigenvalue weighted by molar-refractivity contribution is 9.10. The van der Waals surface area contributed by atoms with Crippen LogP contribution >= 0.6 is 15.9 Å². The summed E-state index contributed by atoms with van der Waals surface area (Å²) in [6.07, 6.45) is 1.16. The molecule has 0 saturated heterocycles. The van der Waals surface area contributed by atoms with Crippen molar-refractivity contribution in [2.24, 2.45) is 5.10 Å². The summed E-state index contributed by atoms with van der Waals surface area (Å²) in [4.78, 5) is 21.4. The van der Waals surface area contributed by atoms with E-state index in [-0.39, 0.29) is 12.4 Å². The van der Waals surface area contributed by atoms with Gasteiger partial charge in [0.2, 0.25) is 0 Å². The van der Waals surface area contributed by atoms with Crippen LogP contribution in [0.1, 0.15) is 11.3 Å². The van der Waals surface area contributed by atoms with Gasteiger partial charge < -0.3 is 9.15 Å². The number of carbonyl (C=O) groups excluding carboxylic acids is 1. The number of hydrogen-bond acceptors (Lipinski definition) is 6. The minimum atomic E-state index is -0.663. The van der Waals surface area contributed by atoms with Crippen molar-refractivity contribution < 1.29 is 18.9 Å². The van der Waals surface area contributed by atoms with E-state index in [2.05, 4.69) is 26.5 Å². The van der Waals surface area contributed by atoms with Crippen LogP contribution in [0, 0.1) is 17.0 Å². The summed E-state index contributed by atoms with van der Waals surface area (Å²) in [5.41, 5.74) is 3.29. The van der Waals surface area contributed by atoms with Crippen molar-refractivity contribution in [2.75, 3.05) is 6.61 Å². The van der Waals surface area contributed by atoms with E-state index in [9.17, 15) is 14.9 Å². The summed E-state index contributed by atoms with van der Waals surface area (Å²) in [6, 6.07) is 8.04. The number of benzene rings is 1.